The summed E-state index contributed by atoms with van der Waals surface area (Å²) in [4.78, 5) is 13.8. The first-order valence-electron chi connectivity index (χ1n) is 6.99. The number of likely N-dealkylation sites (N-methyl/N-ethyl adjacent to an activating group) is 1. The van der Waals surface area contributed by atoms with E-state index in [2.05, 4.69) is 17.3 Å². The maximum atomic E-state index is 11.5. The van der Waals surface area contributed by atoms with Gasteiger partial charge in [-0.05, 0) is 19.0 Å². The molecule has 1 amide bonds. The van der Waals surface area contributed by atoms with Crippen LogP contribution in [-0.2, 0) is 16.1 Å². The Morgan fingerprint density at radius 2 is 2.25 bits per heavy atom. The lowest BCUT2D eigenvalue weighted by molar-refractivity contribution is -0.0227. The first-order chi connectivity index (χ1) is 9.74. The summed E-state index contributed by atoms with van der Waals surface area (Å²) in [6, 6.07) is 9.64. The summed E-state index contributed by atoms with van der Waals surface area (Å²) in [5.41, 5.74) is 0.986. The number of amides is 1. The predicted molar refractivity (Wildman–Crippen MR) is 76.5 cm³/mol. The van der Waals surface area contributed by atoms with E-state index < -0.39 is 0 Å². The zero-order valence-electron chi connectivity index (χ0n) is 11.9. The van der Waals surface area contributed by atoms with E-state index >= 15 is 0 Å². The van der Waals surface area contributed by atoms with Crippen LogP contribution in [0.4, 0.5) is 4.79 Å². The first kappa shape index (κ1) is 14.8. The van der Waals surface area contributed by atoms with E-state index in [1.54, 1.807) is 0 Å². The molecular weight excluding hydrogens is 256 g/mol. The minimum atomic E-state index is -0.377. The fourth-order valence-electron chi connectivity index (χ4n) is 2.15. The van der Waals surface area contributed by atoms with E-state index in [-0.39, 0.29) is 12.2 Å². The van der Waals surface area contributed by atoms with Crippen LogP contribution in [0.3, 0.4) is 0 Å². The third-order valence-corrected chi connectivity index (χ3v) is 3.29. The van der Waals surface area contributed by atoms with Gasteiger partial charge in [0, 0.05) is 19.6 Å². The van der Waals surface area contributed by atoms with Crippen molar-refractivity contribution in [1.82, 2.24) is 10.2 Å². The molecular formula is C15H22N2O3. The number of hydrogen-bond acceptors (Lipinski definition) is 4. The summed E-state index contributed by atoms with van der Waals surface area (Å²) in [7, 11) is 2.08. The van der Waals surface area contributed by atoms with Crippen molar-refractivity contribution < 1.29 is 14.3 Å². The number of morpholine rings is 1. The number of nitrogens with one attached hydrogen (secondary N) is 1. The van der Waals surface area contributed by atoms with Gasteiger partial charge < -0.3 is 19.7 Å². The van der Waals surface area contributed by atoms with Crippen molar-refractivity contribution in [2.75, 3.05) is 33.3 Å². The second-order valence-corrected chi connectivity index (χ2v) is 5.03. The molecule has 2 rings (SSSR count). The SMILES string of the molecule is CN1CCO[C@@H](CCNC(=O)OCc2ccccc2)C1. The molecule has 1 heterocycles. The fraction of sp³-hybridized carbons (Fsp3) is 0.533. The molecule has 0 bridgehead atoms. The van der Waals surface area contributed by atoms with Gasteiger partial charge in [-0.2, -0.15) is 0 Å². The first-order valence-corrected chi connectivity index (χ1v) is 6.99. The molecule has 1 N–H and O–H groups in total. The molecule has 5 heteroatoms. The topological polar surface area (TPSA) is 50.8 Å². The number of carbonyl (C=O) groups is 1. The predicted octanol–water partition coefficient (Wildman–Crippen LogP) is 1.63. The van der Waals surface area contributed by atoms with Crippen LogP contribution in [0.1, 0.15) is 12.0 Å². The second kappa shape index (κ2) is 7.87. The Balaban J connectivity index is 1.58. The van der Waals surface area contributed by atoms with E-state index in [4.69, 9.17) is 9.47 Å². The molecule has 110 valence electrons. The summed E-state index contributed by atoms with van der Waals surface area (Å²) >= 11 is 0. The van der Waals surface area contributed by atoms with Gasteiger partial charge >= 0.3 is 6.09 Å². The minimum Gasteiger partial charge on any atom is -0.445 e. The highest BCUT2D eigenvalue weighted by Gasteiger charge is 2.17. The van der Waals surface area contributed by atoms with E-state index in [0.29, 0.717) is 13.2 Å². The van der Waals surface area contributed by atoms with Gasteiger partial charge in [0.1, 0.15) is 6.61 Å². The number of rotatable bonds is 5. The van der Waals surface area contributed by atoms with Gasteiger partial charge in [0.25, 0.3) is 0 Å². The van der Waals surface area contributed by atoms with Crippen molar-refractivity contribution in [1.29, 1.82) is 0 Å². The molecule has 1 fully saturated rings. The Bertz CT molecular complexity index is 411. The van der Waals surface area contributed by atoms with Gasteiger partial charge in [-0.25, -0.2) is 4.79 Å². The lowest BCUT2D eigenvalue weighted by Crippen LogP contribution is -2.41. The summed E-state index contributed by atoms with van der Waals surface area (Å²) in [5, 5.41) is 2.76. The Labute approximate surface area is 119 Å². The van der Waals surface area contributed by atoms with Gasteiger partial charge in [0.2, 0.25) is 0 Å². The van der Waals surface area contributed by atoms with Crippen molar-refractivity contribution >= 4 is 6.09 Å². The highest BCUT2D eigenvalue weighted by Crippen LogP contribution is 2.06. The molecule has 1 saturated heterocycles. The molecule has 20 heavy (non-hydrogen) atoms. The van der Waals surface area contributed by atoms with Crippen LogP contribution in [0.5, 0.6) is 0 Å². The number of benzene rings is 1. The minimum absolute atomic E-state index is 0.197. The zero-order valence-corrected chi connectivity index (χ0v) is 11.9. The van der Waals surface area contributed by atoms with Crippen molar-refractivity contribution in [3.05, 3.63) is 35.9 Å². The summed E-state index contributed by atoms with van der Waals surface area (Å²) in [5.74, 6) is 0. The van der Waals surface area contributed by atoms with Gasteiger partial charge in [-0.1, -0.05) is 30.3 Å². The summed E-state index contributed by atoms with van der Waals surface area (Å²) in [6.07, 6.45) is 0.631. The number of alkyl carbamates (subject to hydrolysis) is 1. The summed E-state index contributed by atoms with van der Waals surface area (Å²) in [6.45, 7) is 3.53. The highest BCUT2D eigenvalue weighted by molar-refractivity contribution is 5.67. The van der Waals surface area contributed by atoms with Crippen LogP contribution in [0.2, 0.25) is 0 Å². The van der Waals surface area contributed by atoms with Crippen molar-refractivity contribution in [3.63, 3.8) is 0 Å². The van der Waals surface area contributed by atoms with Gasteiger partial charge in [0.15, 0.2) is 0 Å². The largest absolute Gasteiger partial charge is 0.445 e. The average Bonchev–Trinajstić information content (AvgIpc) is 2.46. The normalized spacial score (nSPS) is 19.6. The summed E-state index contributed by atoms with van der Waals surface area (Å²) < 4.78 is 10.8. The smallest absolute Gasteiger partial charge is 0.407 e. The molecule has 1 aliphatic heterocycles. The van der Waals surface area contributed by atoms with Crippen molar-refractivity contribution in [2.45, 2.75) is 19.1 Å². The molecule has 5 nitrogen and oxygen atoms in total. The number of carbonyl (C=O) groups excluding carboxylic acids is 1. The maximum Gasteiger partial charge on any atom is 0.407 e. The standard InChI is InChI=1S/C15H22N2O3/c1-17-9-10-19-14(11-17)7-8-16-15(18)20-12-13-5-3-2-4-6-13/h2-6,14H,7-12H2,1H3,(H,16,18)/t14-/m0/s1. The average molecular weight is 278 g/mol. The maximum absolute atomic E-state index is 11.5. The molecule has 1 aromatic carbocycles. The van der Waals surface area contributed by atoms with E-state index in [0.717, 1.165) is 31.7 Å². The lowest BCUT2D eigenvalue weighted by Gasteiger charge is -2.29. The molecule has 1 atom stereocenters. The van der Waals surface area contributed by atoms with E-state index in [1.165, 1.54) is 0 Å². The van der Waals surface area contributed by atoms with Crippen LogP contribution in [0.25, 0.3) is 0 Å². The van der Waals surface area contributed by atoms with E-state index in [9.17, 15) is 4.79 Å². The lowest BCUT2D eigenvalue weighted by atomic mass is 10.2. The Hall–Kier alpha value is -1.59. The quantitative estimate of drug-likeness (QED) is 0.889. The second-order valence-electron chi connectivity index (χ2n) is 5.03. The molecule has 1 aromatic rings. The van der Waals surface area contributed by atoms with Gasteiger partial charge in [-0.3, -0.25) is 0 Å². The molecule has 0 aromatic heterocycles. The van der Waals surface area contributed by atoms with Gasteiger partial charge in [-0.15, -0.1) is 0 Å². The molecule has 0 spiro atoms. The van der Waals surface area contributed by atoms with E-state index in [1.807, 2.05) is 30.3 Å². The van der Waals surface area contributed by atoms with Crippen LogP contribution in [-0.4, -0.2) is 50.4 Å². The number of nitrogens with zero attached hydrogens (tertiary/aromatic N) is 1. The van der Waals surface area contributed by atoms with Crippen LogP contribution < -0.4 is 5.32 Å². The number of hydrogen-bond donors (Lipinski definition) is 1. The molecule has 0 aliphatic carbocycles. The Kier molecular flexibility index (Phi) is 5.83. The number of ether oxygens (including phenoxy) is 2. The Morgan fingerprint density at radius 1 is 1.45 bits per heavy atom. The van der Waals surface area contributed by atoms with Crippen molar-refractivity contribution in [2.24, 2.45) is 0 Å². The Morgan fingerprint density at radius 3 is 3.00 bits per heavy atom. The molecule has 0 radical (unpaired) electrons. The molecule has 1 aliphatic rings. The fourth-order valence-corrected chi connectivity index (χ4v) is 2.15. The zero-order chi connectivity index (χ0) is 14.2. The van der Waals surface area contributed by atoms with Crippen LogP contribution >= 0.6 is 0 Å². The van der Waals surface area contributed by atoms with Crippen LogP contribution in [0, 0.1) is 0 Å². The van der Waals surface area contributed by atoms with Crippen LogP contribution in [0.15, 0.2) is 30.3 Å². The highest BCUT2D eigenvalue weighted by atomic mass is 16.5. The molecule has 0 saturated carbocycles. The van der Waals surface area contributed by atoms with Crippen molar-refractivity contribution in [3.8, 4) is 0 Å². The third kappa shape index (κ3) is 5.19. The molecule has 0 unspecified atom stereocenters. The monoisotopic (exact) mass is 278 g/mol. The third-order valence-electron chi connectivity index (χ3n) is 3.29. The van der Waals surface area contributed by atoms with Gasteiger partial charge in [0.05, 0.1) is 12.7 Å².